The summed E-state index contributed by atoms with van der Waals surface area (Å²) in [5.74, 6) is -0.121. The van der Waals surface area contributed by atoms with Gasteiger partial charge in [-0.15, -0.1) is 0 Å². The van der Waals surface area contributed by atoms with Crippen LogP contribution in [0.25, 0.3) is 0 Å². The normalized spacial score (nSPS) is 19.9. The Kier molecular flexibility index (Phi) is 4.63. The van der Waals surface area contributed by atoms with Crippen LogP contribution in [-0.2, 0) is 9.59 Å². The topological polar surface area (TPSA) is 52.7 Å². The van der Waals surface area contributed by atoms with Gasteiger partial charge in [0.05, 0.1) is 0 Å². The lowest BCUT2D eigenvalue weighted by Gasteiger charge is -2.35. The van der Waals surface area contributed by atoms with Crippen LogP contribution in [0.3, 0.4) is 0 Å². The van der Waals surface area contributed by atoms with Crippen molar-refractivity contribution in [2.75, 3.05) is 38.0 Å². The molecule has 2 fully saturated rings. The number of carbonyl (C=O) groups excluding carboxylic acids is 2. The third-order valence-electron chi connectivity index (χ3n) is 5.42. The molecule has 1 heterocycles. The molecule has 130 valence electrons. The highest BCUT2D eigenvalue weighted by Gasteiger charge is 2.58. The second kappa shape index (κ2) is 6.55. The van der Waals surface area contributed by atoms with Crippen LogP contribution >= 0.6 is 0 Å². The second-order valence-corrected chi connectivity index (χ2v) is 7.03. The van der Waals surface area contributed by atoms with Crippen molar-refractivity contribution in [3.8, 4) is 0 Å². The van der Waals surface area contributed by atoms with E-state index in [-0.39, 0.29) is 11.8 Å². The lowest BCUT2D eigenvalue weighted by atomic mass is 10.0. The van der Waals surface area contributed by atoms with Gasteiger partial charge in [0.15, 0.2) is 0 Å². The number of amides is 2. The molecular formula is C19H27N3O2. The van der Waals surface area contributed by atoms with E-state index < -0.39 is 5.41 Å². The van der Waals surface area contributed by atoms with Crippen LogP contribution in [0, 0.1) is 19.3 Å². The summed E-state index contributed by atoms with van der Waals surface area (Å²) in [6.45, 7) is 10.4. The zero-order chi connectivity index (χ0) is 17.3. The molecule has 2 amide bonds. The number of nitrogens with one attached hydrogen (secondary N) is 1. The first-order valence-electron chi connectivity index (χ1n) is 8.87. The third kappa shape index (κ3) is 3.05. The van der Waals surface area contributed by atoms with E-state index in [1.54, 1.807) is 0 Å². The molecule has 1 saturated heterocycles. The summed E-state index contributed by atoms with van der Waals surface area (Å²) in [6, 6.07) is 5.94. The van der Waals surface area contributed by atoms with Crippen LogP contribution in [0.1, 0.15) is 30.9 Å². The van der Waals surface area contributed by atoms with E-state index in [1.165, 1.54) is 0 Å². The molecule has 1 aromatic rings. The summed E-state index contributed by atoms with van der Waals surface area (Å²) in [5, 5.41) is 3.02. The van der Waals surface area contributed by atoms with E-state index in [4.69, 9.17) is 0 Å². The number of rotatable bonds is 4. The number of nitrogens with zero attached hydrogens (tertiary/aromatic N) is 2. The number of para-hydroxylation sites is 1. The van der Waals surface area contributed by atoms with Crippen molar-refractivity contribution in [2.45, 2.75) is 33.6 Å². The molecule has 0 atom stereocenters. The van der Waals surface area contributed by atoms with E-state index in [1.807, 2.05) is 36.9 Å². The lowest BCUT2D eigenvalue weighted by molar-refractivity contribution is -0.143. The van der Waals surface area contributed by atoms with Gasteiger partial charge in [0, 0.05) is 31.9 Å². The van der Waals surface area contributed by atoms with Crippen LogP contribution in [0.5, 0.6) is 0 Å². The Bertz CT molecular complexity index is 624. The van der Waals surface area contributed by atoms with Crippen molar-refractivity contribution in [3.63, 3.8) is 0 Å². The van der Waals surface area contributed by atoms with Crippen LogP contribution < -0.4 is 5.32 Å². The number of hydrogen-bond acceptors (Lipinski definition) is 3. The minimum Gasteiger partial charge on any atom is -0.339 e. The Hall–Kier alpha value is -1.88. The second-order valence-electron chi connectivity index (χ2n) is 7.03. The van der Waals surface area contributed by atoms with Crippen LogP contribution in [-0.4, -0.2) is 54.3 Å². The Morgan fingerprint density at radius 2 is 1.67 bits per heavy atom. The fourth-order valence-electron chi connectivity index (χ4n) is 3.48. The maximum absolute atomic E-state index is 12.9. The van der Waals surface area contributed by atoms with Gasteiger partial charge >= 0.3 is 0 Å². The molecule has 1 aromatic carbocycles. The van der Waals surface area contributed by atoms with Gasteiger partial charge in [-0.25, -0.2) is 0 Å². The van der Waals surface area contributed by atoms with Crippen molar-refractivity contribution >= 4 is 17.5 Å². The number of hydrogen-bond donors (Lipinski definition) is 1. The molecule has 1 aliphatic carbocycles. The van der Waals surface area contributed by atoms with E-state index in [0.29, 0.717) is 12.8 Å². The first-order chi connectivity index (χ1) is 11.5. The molecule has 0 spiro atoms. The molecule has 3 rings (SSSR count). The Labute approximate surface area is 144 Å². The first-order valence-corrected chi connectivity index (χ1v) is 8.87. The molecule has 5 nitrogen and oxygen atoms in total. The minimum atomic E-state index is -0.830. The van der Waals surface area contributed by atoms with Gasteiger partial charge in [-0.05, 0) is 44.4 Å². The van der Waals surface area contributed by atoms with Crippen molar-refractivity contribution in [1.82, 2.24) is 9.80 Å². The average Bonchev–Trinajstić information content (AvgIpc) is 3.39. The number of anilines is 1. The van der Waals surface area contributed by atoms with Crippen molar-refractivity contribution in [1.29, 1.82) is 0 Å². The van der Waals surface area contributed by atoms with Gasteiger partial charge in [0.1, 0.15) is 5.41 Å². The van der Waals surface area contributed by atoms with Gasteiger partial charge in [0.25, 0.3) is 0 Å². The molecule has 1 aliphatic heterocycles. The van der Waals surface area contributed by atoms with Crippen molar-refractivity contribution < 1.29 is 9.59 Å². The summed E-state index contributed by atoms with van der Waals surface area (Å²) in [6.07, 6.45) is 1.33. The number of benzene rings is 1. The molecule has 1 N–H and O–H groups in total. The average molecular weight is 329 g/mol. The van der Waals surface area contributed by atoms with Gasteiger partial charge in [-0.3, -0.25) is 9.59 Å². The summed E-state index contributed by atoms with van der Waals surface area (Å²) >= 11 is 0. The number of piperazine rings is 1. The molecule has 24 heavy (non-hydrogen) atoms. The summed E-state index contributed by atoms with van der Waals surface area (Å²) in [7, 11) is 0. The van der Waals surface area contributed by atoms with Gasteiger partial charge in [0.2, 0.25) is 11.8 Å². The van der Waals surface area contributed by atoms with E-state index in [9.17, 15) is 9.59 Å². The lowest BCUT2D eigenvalue weighted by Crippen LogP contribution is -2.52. The predicted molar refractivity (Wildman–Crippen MR) is 94.9 cm³/mol. The van der Waals surface area contributed by atoms with Gasteiger partial charge in [-0.2, -0.15) is 0 Å². The largest absolute Gasteiger partial charge is 0.339 e. The number of carbonyl (C=O) groups is 2. The molecule has 0 bridgehead atoms. The smallest absolute Gasteiger partial charge is 0.240 e. The molecular weight excluding hydrogens is 302 g/mol. The standard InChI is InChI=1S/C19H27N3O2/c1-4-21-10-12-22(13-11-21)18(24)19(8-9-19)17(23)20-16-14(2)6-5-7-15(16)3/h5-7H,4,8-13H2,1-3H3,(H,20,23). The Balaban J connectivity index is 1.69. The number of likely N-dealkylation sites (N-methyl/N-ethyl adjacent to an activating group) is 1. The Morgan fingerprint density at radius 1 is 1.08 bits per heavy atom. The maximum Gasteiger partial charge on any atom is 0.240 e. The van der Waals surface area contributed by atoms with Crippen molar-refractivity contribution in [2.24, 2.45) is 5.41 Å². The molecule has 1 saturated carbocycles. The quantitative estimate of drug-likeness (QED) is 0.862. The predicted octanol–water partition coefficient (Wildman–Crippen LogP) is 2.19. The summed E-state index contributed by atoms with van der Waals surface area (Å²) < 4.78 is 0. The summed E-state index contributed by atoms with van der Waals surface area (Å²) in [4.78, 5) is 30.0. The van der Waals surface area contributed by atoms with Crippen molar-refractivity contribution in [3.05, 3.63) is 29.3 Å². The highest BCUT2D eigenvalue weighted by atomic mass is 16.2. The minimum absolute atomic E-state index is 0.0157. The first kappa shape index (κ1) is 17.0. The monoisotopic (exact) mass is 329 g/mol. The molecule has 0 radical (unpaired) electrons. The highest BCUT2D eigenvalue weighted by Crippen LogP contribution is 2.48. The maximum atomic E-state index is 12.9. The molecule has 0 unspecified atom stereocenters. The van der Waals surface area contributed by atoms with Crippen LogP contribution in [0.15, 0.2) is 18.2 Å². The summed E-state index contributed by atoms with van der Waals surface area (Å²) in [5.41, 5.74) is 2.08. The van der Waals surface area contributed by atoms with E-state index >= 15 is 0 Å². The Morgan fingerprint density at radius 3 is 2.17 bits per heavy atom. The fraction of sp³-hybridized carbons (Fsp3) is 0.579. The third-order valence-corrected chi connectivity index (χ3v) is 5.42. The zero-order valence-electron chi connectivity index (χ0n) is 14.9. The SMILES string of the molecule is CCN1CCN(C(=O)C2(C(=O)Nc3c(C)cccc3C)CC2)CC1. The van der Waals surface area contributed by atoms with Crippen LogP contribution in [0.4, 0.5) is 5.69 Å². The molecule has 0 aromatic heterocycles. The molecule has 5 heteroatoms. The van der Waals surface area contributed by atoms with E-state index in [2.05, 4.69) is 17.1 Å². The number of aryl methyl sites for hydroxylation is 2. The van der Waals surface area contributed by atoms with Gasteiger partial charge < -0.3 is 15.1 Å². The van der Waals surface area contributed by atoms with Crippen LogP contribution in [0.2, 0.25) is 0 Å². The zero-order valence-corrected chi connectivity index (χ0v) is 14.9. The van der Waals surface area contributed by atoms with E-state index in [0.717, 1.165) is 49.5 Å². The fourth-order valence-corrected chi connectivity index (χ4v) is 3.48. The molecule has 2 aliphatic rings. The van der Waals surface area contributed by atoms with Gasteiger partial charge in [-0.1, -0.05) is 25.1 Å². The highest BCUT2D eigenvalue weighted by molar-refractivity contribution is 6.13.